The summed E-state index contributed by atoms with van der Waals surface area (Å²) in [6.07, 6.45) is 1.26. The van der Waals surface area contributed by atoms with E-state index in [1.165, 1.54) is 48.5 Å². The van der Waals surface area contributed by atoms with Crippen LogP contribution in [0.2, 0.25) is 0 Å². The lowest BCUT2D eigenvalue weighted by Gasteiger charge is -2.09. The number of carbonyl (C=O) groups excluding carboxylic acids is 1. The molecule has 2 aromatic heterocycles. The van der Waals surface area contributed by atoms with Crippen LogP contribution in [0.25, 0.3) is 11.3 Å². The number of methoxy groups -OCH3 is 1. The molecule has 0 atom stereocenters. The summed E-state index contributed by atoms with van der Waals surface area (Å²) in [7, 11) is 1.48. The summed E-state index contributed by atoms with van der Waals surface area (Å²) in [6, 6.07) is 7.03. The molecule has 3 aromatic rings. The number of H-pyrrole nitrogens is 1. The first-order chi connectivity index (χ1) is 13.9. The zero-order chi connectivity index (χ0) is 21.0. The van der Waals surface area contributed by atoms with Gasteiger partial charge in [-0.3, -0.25) is 19.4 Å². The lowest BCUT2D eigenvalue weighted by atomic mass is 10.1. The van der Waals surface area contributed by atoms with Crippen LogP contribution in [0.15, 0.2) is 41.5 Å². The number of hydrogen-bond acceptors (Lipinski definition) is 5. The molecule has 0 saturated carbocycles. The zero-order valence-electron chi connectivity index (χ0n) is 16.4. The third kappa shape index (κ3) is 5.07. The van der Waals surface area contributed by atoms with E-state index in [0.29, 0.717) is 35.2 Å². The van der Waals surface area contributed by atoms with Gasteiger partial charge in [0.05, 0.1) is 19.2 Å². The Kier molecular flexibility index (Phi) is 6.06. The second-order valence-corrected chi connectivity index (χ2v) is 6.98. The molecule has 29 heavy (non-hydrogen) atoms. The Bertz CT molecular complexity index is 1070. The van der Waals surface area contributed by atoms with Crippen molar-refractivity contribution in [2.45, 2.75) is 26.8 Å². The highest BCUT2D eigenvalue weighted by molar-refractivity contribution is 5.91. The highest BCUT2D eigenvalue weighted by Gasteiger charge is 2.13. The number of nitrogens with zero attached hydrogens (tertiary/aromatic N) is 3. The van der Waals surface area contributed by atoms with Gasteiger partial charge < -0.3 is 10.1 Å². The van der Waals surface area contributed by atoms with E-state index in [9.17, 15) is 14.0 Å². The molecule has 0 aliphatic rings. The quantitative estimate of drug-likeness (QED) is 0.636. The van der Waals surface area contributed by atoms with E-state index in [1.54, 1.807) is 0 Å². The van der Waals surface area contributed by atoms with E-state index in [2.05, 4.69) is 20.4 Å². The van der Waals surface area contributed by atoms with Gasteiger partial charge in [0.2, 0.25) is 5.91 Å². The average Bonchev–Trinajstić information content (AvgIpc) is 2.99. The van der Waals surface area contributed by atoms with E-state index in [4.69, 9.17) is 4.74 Å². The molecule has 0 aliphatic heterocycles. The molecular weight excluding hydrogens is 377 g/mol. The summed E-state index contributed by atoms with van der Waals surface area (Å²) in [5, 5.41) is 5.61. The Hall–Kier alpha value is -3.49. The van der Waals surface area contributed by atoms with Crippen LogP contribution >= 0.6 is 0 Å². The van der Waals surface area contributed by atoms with Gasteiger partial charge >= 0.3 is 0 Å². The Morgan fingerprint density at radius 2 is 2.07 bits per heavy atom. The second kappa shape index (κ2) is 8.68. The van der Waals surface area contributed by atoms with E-state index in [0.717, 1.165) is 0 Å². The standard InChI is InChI=1S/C20H22FN5O3/c1-12(2)10-26-20(28)8-14(25-26)7-19(27)24-18-9-16(22-11-23-18)15-6-13(21)4-5-17(15)29-3/h4-6,8-9,11-12,25H,7,10H2,1-3H3,(H,22,23,24,27). The van der Waals surface area contributed by atoms with Crippen LogP contribution in [0.4, 0.5) is 10.2 Å². The summed E-state index contributed by atoms with van der Waals surface area (Å²) in [5.41, 5.74) is 1.18. The first-order valence-corrected chi connectivity index (χ1v) is 9.10. The first kappa shape index (κ1) is 20.2. The second-order valence-electron chi connectivity index (χ2n) is 6.98. The number of rotatable bonds is 7. The van der Waals surface area contributed by atoms with Gasteiger partial charge in [-0.15, -0.1) is 0 Å². The molecule has 9 heteroatoms. The zero-order valence-corrected chi connectivity index (χ0v) is 16.4. The molecule has 0 radical (unpaired) electrons. The third-order valence-corrected chi connectivity index (χ3v) is 4.11. The Morgan fingerprint density at radius 3 is 2.79 bits per heavy atom. The third-order valence-electron chi connectivity index (χ3n) is 4.11. The number of ether oxygens (including phenoxy) is 1. The molecule has 8 nitrogen and oxygen atoms in total. The van der Waals surface area contributed by atoms with Gasteiger partial charge in [-0.05, 0) is 24.1 Å². The average molecular weight is 399 g/mol. The van der Waals surface area contributed by atoms with Crippen molar-refractivity contribution in [1.82, 2.24) is 19.7 Å². The van der Waals surface area contributed by atoms with Crippen molar-refractivity contribution in [3.05, 3.63) is 58.5 Å². The van der Waals surface area contributed by atoms with Crippen LogP contribution in [0.5, 0.6) is 5.75 Å². The minimum Gasteiger partial charge on any atom is -0.496 e. The highest BCUT2D eigenvalue weighted by Crippen LogP contribution is 2.29. The maximum Gasteiger partial charge on any atom is 0.266 e. The van der Waals surface area contributed by atoms with Crippen LogP contribution in [0, 0.1) is 11.7 Å². The van der Waals surface area contributed by atoms with Crippen molar-refractivity contribution in [3.63, 3.8) is 0 Å². The van der Waals surface area contributed by atoms with Crippen LogP contribution in [-0.4, -0.2) is 32.8 Å². The number of hydrogen-bond donors (Lipinski definition) is 2. The van der Waals surface area contributed by atoms with Crippen LogP contribution in [-0.2, 0) is 17.8 Å². The molecule has 1 aromatic carbocycles. The summed E-state index contributed by atoms with van der Waals surface area (Å²) in [5.74, 6) is 0.229. The largest absolute Gasteiger partial charge is 0.496 e. The topological polar surface area (TPSA) is 102 Å². The summed E-state index contributed by atoms with van der Waals surface area (Å²) < 4.78 is 20.4. The number of anilines is 1. The fraction of sp³-hybridized carbons (Fsp3) is 0.300. The molecule has 152 valence electrons. The van der Waals surface area contributed by atoms with Crippen LogP contribution in [0.1, 0.15) is 19.5 Å². The summed E-state index contributed by atoms with van der Waals surface area (Å²) in [6.45, 7) is 4.55. The molecule has 3 rings (SSSR count). The fourth-order valence-corrected chi connectivity index (χ4v) is 2.89. The molecule has 0 saturated heterocycles. The van der Waals surface area contributed by atoms with Crippen molar-refractivity contribution < 1.29 is 13.9 Å². The van der Waals surface area contributed by atoms with Crippen molar-refractivity contribution in [2.24, 2.45) is 5.92 Å². The van der Waals surface area contributed by atoms with Crippen molar-refractivity contribution in [1.29, 1.82) is 0 Å². The number of halogens is 1. The molecule has 1 amide bonds. The SMILES string of the molecule is COc1ccc(F)cc1-c1cc(NC(=O)Cc2cc(=O)n(CC(C)C)[nH]2)ncn1. The molecule has 2 N–H and O–H groups in total. The molecule has 0 fully saturated rings. The number of benzene rings is 1. The highest BCUT2D eigenvalue weighted by atomic mass is 19.1. The van der Waals surface area contributed by atoms with Gasteiger partial charge in [0.1, 0.15) is 23.7 Å². The number of aromatic amines is 1. The smallest absolute Gasteiger partial charge is 0.266 e. The summed E-state index contributed by atoms with van der Waals surface area (Å²) >= 11 is 0. The van der Waals surface area contributed by atoms with E-state index in [1.807, 2.05) is 13.8 Å². The maximum absolute atomic E-state index is 13.6. The lowest BCUT2D eigenvalue weighted by molar-refractivity contribution is -0.115. The van der Waals surface area contributed by atoms with E-state index < -0.39 is 5.82 Å². The van der Waals surface area contributed by atoms with Gasteiger partial charge in [-0.2, -0.15) is 0 Å². The van der Waals surface area contributed by atoms with E-state index in [-0.39, 0.29) is 23.7 Å². The van der Waals surface area contributed by atoms with Gasteiger partial charge in [0.25, 0.3) is 5.56 Å². The normalized spacial score (nSPS) is 10.9. The molecular formula is C20H22FN5O3. The molecule has 0 aliphatic carbocycles. The Balaban J connectivity index is 1.75. The lowest BCUT2D eigenvalue weighted by Crippen LogP contribution is -2.19. The van der Waals surface area contributed by atoms with Crippen LogP contribution in [0.3, 0.4) is 0 Å². The first-order valence-electron chi connectivity index (χ1n) is 9.10. The minimum absolute atomic E-state index is 0.0110. The maximum atomic E-state index is 13.6. The Labute approximate surface area is 166 Å². The monoisotopic (exact) mass is 399 g/mol. The molecule has 0 unspecified atom stereocenters. The van der Waals surface area contributed by atoms with Crippen LogP contribution < -0.4 is 15.6 Å². The number of nitrogens with one attached hydrogen (secondary N) is 2. The number of carbonyl (C=O) groups is 1. The van der Waals surface area contributed by atoms with Gasteiger partial charge in [-0.25, -0.2) is 14.4 Å². The minimum atomic E-state index is -0.431. The number of amides is 1. The Morgan fingerprint density at radius 1 is 1.28 bits per heavy atom. The van der Waals surface area contributed by atoms with Gasteiger partial charge in [0, 0.05) is 29.9 Å². The van der Waals surface area contributed by atoms with Gasteiger partial charge in [0.15, 0.2) is 0 Å². The van der Waals surface area contributed by atoms with Crippen molar-refractivity contribution in [2.75, 3.05) is 12.4 Å². The summed E-state index contributed by atoms with van der Waals surface area (Å²) in [4.78, 5) is 32.5. The number of aromatic nitrogens is 4. The molecule has 0 bridgehead atoms. The van der Waals surface area contributed by atoms with E-state index >= 15 is 0 Å². The fourth-order valence-electron chi connectivity index (χ4n) is 2.89. The van der Waals surface area contributed by atoms with Gasteiger partial charge in [-0.1, -0.05) is 13.8 Å². The predicted octanol–water partition coefficient (Wildman–Crippen LogP) is 2.62. The predicted molar refractivity (Wildman–Crippen MR) is 106 cm³/mol. The molecule has 0 spiro atoms. The van der Waals surface area contributed by atoms with Crippen molar-refractivity contribution in [3.8, 4) is 17.0 Å². The van der Waals surface area contributed by atoms with Crippen molar-refractivity contribution >= 4 is 11.7 Å². The molecule has 2 heterocycles.